The molecule has 0 bridgehead atoms. The Bertz CT molecular complexity index is 511. The summed E-state index contributed by atoms with van der Waals surface area (Å²) in [6, 6.07) is 3.86. The van der Waals surface area contributed by atoms with Gasteiger partial charge in [-0.15, -0.1) is 11.8 Å². The van der Waals surface area contributed by atoms with Gasteiger partial charge in [0.05, 0.1) is 27.4 Å². The molecular formula is C16H26N2O4S. The van der Waals surface area contributed by atoms with Crippen LogP contribution in [0.25, 0.3) is 0 Å². The Kier molecular flexibility index (Phi) is 8.83. The molecule has 6 nitrogen and oxygen atoms in total. The maximum Gasteiger partial charge on any atom is 0.236 e. The van der Waals surface area contributed by atoms with Crippen LogP contribution in [0.5, 0.6) is 11.5 Å². The third kappa shape index (κ3) is 5.93. The largest absolute Gasteiger partial charge is 0.493 e. The fourth-order valence-corrected chi connectivity index (χ4v) is 2.67. The van der Waals surface area contributed by atoms with Crippen LogP contribution in [0.4, 0.5) is 0 Å². The molecule has 7 heteroatoms. The second kappa shape index (κ2) is 10.4. The minimum Gasteiger partial charge on any atom is -0.493 e. The van der Waals surface area contributed by atoms with Gasteiger partial charge < -0.3 is 24.4 Å². The van der Waals surface area contributed by atoms with E-state index in [2.05, 4.69) is 5.32 Å². The van der Waals surface area contributed by atoms with Crippen LogP contribution >= 0.6 is 11.8 Å². The minimum atomic E-state index is 0.0305. The summed E-state index contributed by atoms with van der Waals surface area (Å²) in [5, 5.41) is 3.06. The molecule has 1 aromatic rings. The Balaban J connectivity index is 2.76. The molecule has 0 aliphatic carbocycles. The molecule has 1 amide bonds. The molecular weight excluding hydrogens is 316 g/mol. The Morgan fingerprint density at radius 2 is 1.87 bits per heavy atom. The number of nitrogens with zero attached hydrogens (tertiary/aromatic N) is 1. The number of likely N-dealkylation sites (N-methyl/N-ethyl adjacent to an activating group) is 1. The van der Waals surface area contributed by atoms with Gasteiger partial charge in [-0.3, -0.25) is 4.79 Å². The van der Waals surface area contributed by atoms with Gasteiger partial charge in [-0.05, 0) is 24.0 Å². The first kappa shape index (κ1) is 19.6. The van der Waals surface area contributed by atoms with E-state index in [9.17, 15) is 4.79 Å². The van der Waals surface area contributed by atoms with Crippen molar-refractivity contribution in [3.63, 3.8) is 0 Å². The van der Waals surface area contributed by atoms with E-state index in [-0.39, 0.29) is 5.91 Å². The van der Waals surface area contributed by atoms with Gasteiger partial charge >= 0.3 is 0 Å². The average molecular weight is 342 g/mol. The van der Waals surface area contributed by atoms with E-state index >= 15 is 0 Å². The van der Waals surface area contributed by atoms with E-state index in [1.54, 1.807) is 45.0 Å². The van der Waals surface area contributed by atoms with Crippen molar-refractivity contribution in [1.29, 1.82) is 0 Å². The van der Waals surface area contributed by atoms with Crippen LogP contribution in [0, 0.1) is 0 Å². The Labute approximate surface area is 142 Å². The minimum absolute atomic E-state index is 0.0305. The van der Waals surface area contributed by atoms with Gasteiger partial charge in [0, 0.05) is 32.1 Å². The van der Waals surface area contributed by atoms with Gasteiger partial charge in [-0.2, -0.15) is 0 Å². The van der Waals surface area contributed by atoms with Crippen molar-refractivity contribution in [2.24, 2.45) is 0 Å². The average Bonchev–Trinajstić information content (AvgIpc) is 2.57. The molecule has 0 unspecified atom stereocenters. The fraction of sp³-hybridized carbons (Fsp3) is 0.562. The topological polar surface area (TPSA) is 60.0 Å². The van der Waals surface area contributed by atoms with Crippen LogP contribution in [0.2, 0.25) is 0 Å². The van der Waals surface area contributed by atoms with Crippen molar-refractivity contribution < 1.29 is 19.0 Å². The van der Waals surface area contributed by atoms with Crippen LogP contribution in [0.1, 0.15) is 5.56 Å². The van der Waals surface area contributed by atoms with Crippen molar-refractivity contribution in [3.8, 4) is 11.5 Å². The first-order chi connectivity index (χ1) is 11.1. The van der Waals surface area contributed by atoms with Crippen LogP contribution in [0.15, 0.2) is 17.0 Å². The van der Waals surface area contributed by atoms with E-state index in [4.69, 9.17) is 14.2 Å². The molecule has 0 heterocycles. The molecule has 0 aromatic heterocycles. The molecule has 0 saturated carbocycles. The summed E-state index contributed by atoms with van der Waals surface area (Å²) in [6.45, 7) is 2.05. The van der Waals surface area contributed by atoms with Gasteiger partial charge in [-0.1, -0.05) is 0 Å². The molecule has 0 atom stereocenters. The molecule has 1 rings (SSSR count). The zero-order valence-corrected chi connectivity index (χ0v) is 15.3. The zero-order valence-electron chi connectivity index (χ0n) is 14.5. The van der Waals surface area contributed by atoms with Gasteiger partial charge in [0.2, 0.25) is 5.91 Å². The van der Waals surface area contributed by atoms with Crippen molar-refractivity contribution in [2.45, 2.75) is 11.4 Å². The van der Waals surface area contributed by atoms with Gasteiger partial charge in [0.1, 0.15) is 0 Å². The predicted molar refractivity (Wildman–Crippen MR) is 92.5 cm³/mol. The van der Waals surface area contributed by atoms with E-state index in [0.29, 0.717) is 37.7 Å². The van der Waals surface area contributed by atoms with Crippen molar-refractivity contribution in [3.05, 3.63) is 17.7 Å². The first-order valence-electron chi connectivity index (χ1n) is 7.29. The number of amides is 1. The molecule has 1 N–H and O–H groups in total. The number of methoxy groups -OCH3 is 3. The maximum atomic E-state index is 12.1. The number of carbonyl (C=O) groups excluding carboxylic acids is 1. The normalized spacial score (nSPS) is 10.5. The third-order valence-corrected chi connectivity index (χ3v) is 4.20. The highest BCUT2D eigenvalue weighted by molar-refractivity contribution is 7.98. The summed E-state index contributed by atoms with van der Waals surface area (Å²) in [5.41, 5.74) is 1.03. The van der Waals surface area contributed by atoms with E-state index in [0.717, 1.165) is 10.5 Å². The first-order valence-corrected chi connectivity index (χ1v) is 8.52. The maximum absolute atomic E-state index is 12.1. The fourth-order valence-electron chi connectivity index (χ4n) is 2.06. The quantitative estimate of drug-likeness (QED) is 0.515. The lowest BCUT2D eigenvalue weighted by Crippen LogP contribution is -2.36. The van der Waals surface area contributed by atoms with Crippen LogP contribution in [-0.4, -0.2) is 65.1 Å². The highest BCUT2D eigenvalue weighted by Gasteiger charge is 2.15. The lowest BCUT2D eigenvalue weighted by atomic mass is 10.2. The number of nitrogens with one attached hydrogen (secondary N) is 1. The van der Waals surface area contributed by atoms with Crippen LogP contribution < -0.4 is 14.8 Å². The SMILES string of the molecule is COCCNCC(=O)N(C)Cc1cc(OC)c(OC)cc1SC. The smallest absolute Gasteiger partial charge is 0.236 e. The Morgan fingerprint density at radius 1 is 1.22 bits per heavy atom. The number of rotatable bonds is 10. The summed E-state index contributed by atoms with van der Waals surface area (Å²) >= 11 is 1.62. The lowest BCUT2D eigenvalue weighted by Gasteiger charge is -2.20. The summed E-state index contributed by atoms with van der Waals surface area (Å²) < 4.78 is 15.6. The Morgan fingerprint density at radius 3 is 2.43 bits per heavy atom. The summed E-state index contributed by atoms with van der Waals surface area (Å²) in [6.07, 6.45) is 2.00. The summed E-state index contributed by atoms with van der Waals surface area (Å²) in [7, 11) is 6.65. The molecule has 0 fully saturated rings. The standard InChI is InChI=1S/C16H26N2O4S/c1-18(16(19)10-17-6-7-20-2)11-12-8-13(21-3)14(22-4)9-15(12)23-5/h8-9,17H,6-7,10-11H2,1-5H3. The summed E-state index contributed by atoms with van der Waals surface area (Å²) in [4.78, 5) is 14.9. The van der Waals surface area contributed by atoms with Gasteiger partial charge in [-0.25, -0.2) is 0 Å². The number of carbonyl (C=O) groups is 1. The van der Waals surface area contributed by atoms with Crippen LogP contribution in [0.3, 0.4) is 0 Å². The van der Waals surface area contributed by atoms with E-state index < -0.39 is 0 Å². The zero-order chi connectivity index (χ0) is 17.2. The molecule has 0 aliphatic rings. The van der Waals surface area contributed by atoms with E-state index in [1.807, 2.05) is 18.4 Å². The Hall–Kier alpha value is -1.44. The second-order valence-electron chi connectivity index (χ2n) is 4.94. The molecule has 0 saturated heterocycles. The number of hydrogen-bond donors (Lipinski definition) is 1. The molecule has 0 radical (unpaired) electrons. The van der Waals surface area contributed by atoms with Crippen molar-refractivity contribution in [1.82, 2.24) is 10.2 Å². The number of ether oxygens (including phenoxy) is 3. The van der Waals surface area contributed by atoms with Crippen molar-refractivity contribution >= 4 is 17.7 Å². The highest BCUT2D eigenvalue weighted by atomic mass is 32.2. The number of hydrogen-bond acceptors (Lipinski definition) is 6. The van der Waals surface area contributed by atoms with E-state index in [1.165, 1.54) is 0 Å². The highest BCUT2D eigenvalue weighted by Crippen LogP contribution is 2.35. The number of thioether (sulfide) groups is 1. The molecule has 0 aliphatic heterocycles. The predicted octanol–water partition coefficient (Wildman–Crippen LogP) is 1.62. The second-order valence-corrected chi connectivity index (χ2v) is 5.79. The third-order valence-electron chi connectivity index (χ3n) is 3.38. The molecule has 0 spiro atoms. The van der Waals surface area contributed by atoms with Gasteiger partial charge in [0.15, 0.2) is 11.5 Å². The lowest BCUT2D eigenvalue weighted by molar-refractivity contribution is -0.129. The van der Waals surface area contributed by atoms with Crippen LogP contribution in [-0.2, 0) is 16.1 Å². The van der Waals surface area contributed by atoms with Crippen molar-refractivity contribution in [2.75, 3.05) is 54.3 Å². The monoisotopic (exact) mass is 342 g/mol. The molecule has 1 aromatic carbocycles. The molecule has 130 valence electrons. The van der Waals surface area contributed by atoms with Gasteiger partial charge in [0.25, 0.3) is 0 Å². The number of benzene rings is 1. The molecule has 23 heavy (non-hydrogen) atoms. The summed E-state index contributed by atoms with van der Waals surface area (Å²) in [5.74, 6) is 1.39.